The Bertz CT molecular complexity index is 1200. The van der Waals surface area contributed by atoms with E-state index < -0.39 is 11.2 Å². The first kappa shape index (κ1) is 19.4. The molecule has 1 aliphatic heterocycles. The van der Waals surface area contributed by atoms with Crippen molar-refractivity contribution in [3.63, 3.8) is 0 Å². The number of nitrogens with two attached hydrogens (primary N) is 1. The zero-order valence-electron chi connectivity index (χ0n) is 16.3. The predicted molar refractivity (Wildman–Crippen MR) is 109 cm³/mol. The molecule has 9 nitrogen and oxygen atoms in total. The number of aromatic amines is 1. The highest BCUT2D eigenvalue weighted by atomic mass is 35.5. The van der Waals surface area contributed by atoms with Gasteiger partial charge in [0.2, 0.25) is 11.2 Å². The van der Waals surface area contributed by atoms with Crippen molar-refractivity contribution in [2.45, 2.75) is 6.54 Å². The minimum absolute atomic E-state index is 0.0232. The first-order chi connectivity index (χ1) is 13.9. The van der Waals surface area contributed by atoms with Crippen molar-refractivity contribution in [3.8, 4) is 0 Å². The monoisotopic (exact) mass is 418 g/mol. The van der Waals surface area contributed by atoms with Crippen LogP contribution in [-0.2, 0) is 20.6 Å². The Morgan fingerprint density at radius 2 is 1.79 bits per heavy atom. The second-order valence-electron chi connectivity index (χ2n) is 7.22. The number of fused-ring (bicyclic) bond motifs is 1. The van der Waals surface area contributed by atoms with Gasteiger partial charge in [0, 0.05) is 24.7 Å². The van der Waals surface area contributed by atoms with E-state index in [4.69, 9.17) is 11.6 Å². The number of imidazole rings is 1. The largest absolute Gasteiger partial charge is 0.360 e. The average molecular weight is 419 g/mol. The van der Waals surface area contributed by atoms with Crippen molar-refractivity contribution in [1.29, 1.82) is 0 Å². The topological polar surface area (TPSA) is 101 Å². The van der Waals surface area contributed by atoms with Gasteiger partial charge in [-0.2, -0.15) is 0 Å². The van der Waals surface area contributed by atoms with Gasteiger partial charge in [-0.1, -0.05) is 11.6 Å². The summed E-state index contributed by atoms with van der Waals surface area (Å²) in [6.07, 6.45) is 0. The number of Topliss-reactive ketones (excluding diaryl/α,β-unsaturated/α-hetero) is 1. The number of halogens is 1. The number of ketones is 1. The van der Waals surface area contributed by atoms with Gasteiger partial charge in [-0.25, -0.2) is 14.3 Å². The second-order valence-corrected chi connectivity index (χ2v) is 7.66. The molecule has 2 aromatic heterocycles. The van der Waals surface area contributed by atoms with Gasteiger partial charge < -0.3 is 5.32 Å². The second kappa shape index (κ2) is 7.49. The number of carbonyl (C=O) groups is 1. The molecule has 152 valence electrons. The SMILES string of the molecule is Cn1c(=O)c2c([nH]c(N3CC[NH2+]CC3)[n+]2CC(=O)c2ccc(Cl)cc2)n(C)c1=O. The van der Waals surface area contributed by atoms with Crippen molar-refractivity contribution in [3.05, 3.63) is 55.7 Å². The van der Waals surface area contributed by atoms with Crippen LogP contribution in [0.1, 0.15) is 10.4 Å². The number of nitrogens with one attached hydrogen (secondary N) is 1. The summed E-state index contributed by atoms with van der Waals surface area (Å²) in [6.45, 7) is 3.35. The van der Waals surface area contributed by atoms with E-state index in [1.807, 2.05) is 0 Å². The number of aromatic nitrogens is 4. The van der Waals surface area contributed by atoms with Crippen molar-refractivity contribution in [2.75, 3.05) is 31.1 Å². The molecule has 1 fully saturated rings. The van der Waals surface area contributed by atoms with Crippen LogP contribution in [0.4, 0.5) is 5.95 Å². The molecule has 0 radical (unpaired) electrons. The maximum atomic E-state index is 13.0. The number of H-pyrrole nitrogens is 1. The van der Waals surface area contributed by atoms with E-state index >= 15 is 0 Å². The van der Waals surface area contributed by atoms with Crippen LogP contribution >= 0.6 is 11.6 Å². The Morgan fingerprint density at radius 3 is 2.45 bits per heavy atom. The molecule has 0 atom stereocenters. The summed E-state index contributed by atoms with van der Waals surface area (Å²) in [4.78, 5) is 43.6. The van der Waals surface area contributed by atoms with E-state index in [-0.39, 0.29) is 12.3 Å². The molecule has 0 aliphatic carbocycles. The Kier molecular flexibility index (Phi) is 5.01. The predicted octanol–water partition coefficient (Wildman–Crippen LogP) is -1.23. The number of piperazine rings is 1. The van der Waals surface area contributed by atoms with Crippen molar-refractivity contribution in [1.82, 2.24) is 14.1 Å². The van der Waals surface area contributed by atoms with Crippen LogP contribution in [-0.4, -0.2) is 46.1 Å². The summed E-state index contributed by atoms with van der Waals surface area (Å²) >= 11 is 5.93. The minimum Gasteiger partial charge on any atom is -0.341 e. The molecular weight excluding hydrogens is 396 g/mol. The van der Waals surface area contributed by atoms with Gasteiger partial charge in [-0.15, -0.1) is 0 Å². The van der Waals surface area contributed by atoms with Gasteiger partial charge in [0.25, 0.3) is 5.56 Å². The fraction of sp³-hybridized carbons (Fsp3) is 0.368. The number of hydrogen-bond donors (Lipinski definition) is 2. The molecule has 4 rings (SSSR count). The number of carbonyl (C=O) groups excluding carboxylic acids is 1. The van der Waals surface area contributed by atoms with Crippen molar-refractivity contribution < 1.29 is 14.7 Å². The molecule has 0 unspecified atom stereocenters. The lowest BCUT2D eigenvalue weighted by Crippen LogP contribution is -2.90. The maximum Gasteiger partial charge on any atom is 0.360 e. The number of hydrogen-bond acceptors (Lipinski definition) is 4. The summed E-state index contributed by atoms with van der Waals surface area (Å²) in [5.41, 5.74) is 0.375. The zero-order chi connectivity index (χ0) is 20.7. The van der Waals surface area contributed by atoms with Crippen LogP contribution in [0.3, 0.4) is 0 Å². The number of rotatable bonds is 4. The molecule has 0 amide bonds. The molecule has 0 bridgehead atoms. The Balaban J connectivity index is 1.89. The van der Waals surface area contributed by atoms with E-state index in [0.717, 1.165) is 30.7 Å². The molecule has 0 spiro atoms. The van der Waals surface area contributed by atoms with E-state index in [1.165, 1.54) is 11.6 Å². The van der Waals surface area contributed by atoms with E-state index in [9.17, 15) is 14.4 Å². The maximum absolute atomic E-state index is 13.0. The molecule has 29 heavy (non-hydrogen) atoms. The number of anilines is 1. The van der Waals surface area contributed by atoms with Crippen LogP contribution in [0.2, 0.25) is 5.02 Å². The summed E-state index contributed by atoms with van der Waals surface area (Å²) in [7, 11) is 3.05. The number of aryl methyl sites for hydroxylation is 1. The fourth-order valence-electron chi connectivity index (χ4n) is 3.73. The third-order valence-corrected chi connectivity index (χ3v) is 5.62. The zero-order valence-corrected chi connectivity index (χ0v) is 17.1. The summed E-state index contributed by atoms with van der Waals surface area (Å²) in [6, 6.07) is 6.67. The molecule has 3 aromatic rings. The average Bonchev–Trinajstić information content (AvgIpc) is 3.11. The van der Waals surface area contributed by atoms with Crippen LogP contribution in [0.25, 0.3) is 11.2 Å². The molecule has 10 heteroatoms. The van der Waals surface area contributed by atoms with E-state index in [2.05, 4.69) is 15.2 Å². The highest BCUT2D eigenvalue weighted by Gasteiger charge is 2.31. The lowest BCUT2D eigenvalue weighted by atomic mass is 10.1. The Labute approximate surface area is 171 Å². The van der Waals surface area contributed by atoms with Gasteiger partial charge in [0.05, 0.1) is 0 Å². The van der Waals surface area contributed by atoms with Gasteiger partial charge >= 0.3 is 11.6 Å². The summed E-state index contributed by atoms with van der Waals surface area (Å²) < 4.78 is 4.16. The molecule has 3 heterocycles. The number of quaternary nitrogens is 1. The van der Waals surface area contributed by atoms with Crippen LogP contribution in [0.15, 0.2) is 33.9 Å². The highest BCUT2D eigenvalue weighted by molar-refractivity contribution is 6.30. The third-order valence-electron chi connectivity index (χ3n) is 5.37. The first-order valence-corrected chi connectivity index (χ1v) is 9.83. The quantitative estimate of drug-likeness (QED) is 0.409. The molecule has 1 aliphatic rings. The highest BCUT2D eigenvalue weighted by Crippen LogP contribution is 2.14. The molecular formula is C19H23ClN6O3+2. The van der Waals surface area contributed by atoms with Gasteiger partial charge in [-0.05, 0) is 24.3 Å². The van der Waals surface area contributed by atoms with Gasteiger partial charge in [0.15, 0.2) is 5.78 Å². The molecule has 1 saturated heterocycles. The standard InChI is InChI=1S/C19H21ClN6O3/c1-23-16-15(17(28)24(2)19(23)29)26(18(22-16)25-9-7-21-8-10-25)11-14(27)12-3-5-13(20)6-4-12/h3-6,21H,7-11H2,1-2H3/p+2. The number of benzene rings is 1. The molecule has 1 aromatic carbocycles. The Hall–Kier alpha value is -2.91. The molecule has 3 N–H and O–H groups in total. The van der Waals surface area contributed by atoms with Crippen LogP contribution < -0.4 is 26.0 Å². The van der Waals surface area contributed by atoms with Crippen molar-refractivity contribution >= 4 is 34.5 Å². The van der Waals surface area contributed by atoms with Crippen LogP contribution in [0, 0.1) is 0 Å². The lowest BCUT2D eigenvalue weighted by Gasteiger charge is -2.20. The first-order valence-electron chi connectivity index (χ1n) is 9.45. The smallest absolute Gasteiger partial charge is 0.341 e. The third kappa shape index (κ3) is 3.36. The van der Waals surface area contributed by atoms with Crippen molar-refractivity contribution in [2.24, 2.45) is 14.1 Å². The number of nitrogens with zero attached hydrogens (tertiary/aromatic N) is 4. The minimum atomic E-state index is -0.432. The summed E-state index contributed by atoms with van der Waals surface area (Å²) in [5.74, 6) is 0.516. The normalized spacial score (nSPS) is 14.5. The summed E-state index contributed by atoms with van der Waals surface area (Å²) in [5, 5.41) is 2.77. The molecule has 0 saturated carbocycles. The van der Waals surface area contributed by atoms with Gasteiger partial charge in [-0.3, -0.25) is 23.6 Å². The van der Waals surface area contributed by atoms with E-state index in [0.29, 0.717) is 27.7 Å². The van der Waals surface area contributed by atoms with Gasteiger partial charge in [0.1, 0.15) is 32.7 Å². The van der Waals surface area contributed by atoms with E-state index in [1.54, 1.807) is 35.9 Å². The fourth-order valence-corrected chi connectivity index (χ4v) is 3.85. The Morgan fingerprint density at radius 1 is 1.14 bits per heavy atom. The van der Waals surface area contributed by atoms with Crippen LogP contribution in [0.5, 0.6) is 0 Å². The lowest BCUT2D eigenvalue weighted by molar-refractivity contribution is -0.662.